The van der Waals surface area contributed by atoms with Gasteiger partial charge in [-0.15, -0.1) is 11.3 Å². The Morgan fingerprint density at radius 3 is 2.57 bits per heavy atom. The van der Waals surface area contributed by atoms with E-state index < -0.39 is 0 Å². The maximum absolute atomic E-state index is 12.0. The molecular weight excluding hydrogens is 310 g/mol. The van der Waals surface area contributed by atoms with Crippen LogP contribution in [-0.4, -0.2) is 18.0 Å². The molecule has 0 atom stereocenters. The molecule has 1 heterocycles. The van der Waals surface area contributed by atoms with Gasteiger partial charge in [-0.25, -0.2) is 5.43 Å². The third-order valence-electron chi connectivity index (χ3n) is 3.61. The summed E-state index contributed by atoms with van der Waals surface area (Å²) in [5.74, 6) is -0.0679. The van der Waals surface area contributed by atoms with Crippen molar-refractivity contribution in [3.05, 3.63) is 51.7 Å². The first-order valence-electron chi connectivity index (χ1n) is 7.42. The molecule has 2 N–H and O–H groups in total. The van der Waals surface area contributed by atoms with Gasteiger partial charge < -0.3 is 5.32 Å². The lowest BCUT2D eigenvalue weighted by Crippen LogP contribution is -2.18. The van der Waals surface area contributed by atoms with E-state index in [-0.39, 0.29) is 17.7 Å². The number of hydrazone groups is 1. The molecule has 5 nitrogen and oxygen atoms in total. The molecule has 1 fully saturated rings. The third-order valence-corrected chi connectivity index (χ3v) is 4.57. The Balaban J connectivity index is 1.55. The summed E-state index contributed by atoms with van der Waals surface area (Å²) >= 11 is 1.57. The highest BCUT2D eigenvalue weighted by Crippen LogP contribution is 2.30. The fourth-order valence-corrected chi connectivity index (χ4v) is 2.81. The van der Waals surface area contributed by atoms with Crippen LogP contribution in [0.1, 0.15) is 33.6 Å². The van der Waals surface area contributed by atoms with Crippen molar-refractivity contribution in [3.8, 4) is 0 Å². The molecule has 0 bridgehead atoms. The molecule has 1 aromatic carbocycles. The van der Waals surface area contributed by atoms with Crippen molar-refractivity contribution in [2.24, 2.45) is 11.0 Å². The van der Waals surface area contributed by atoms with Gasteiger partial charge in [-0.3, -0.25) is 9.59 Å². The summed E-state index contributed by atoms with van der Waals surface area (Å²) < 4.78 is 0. The Hall–Kier alpha value is -2.47. The number of benzene rings is 1. The van der Waals surface area contributed by atoms with E-state index in [0.717, 1.165) is 23.3 Å². The molecule has 1 aromatic heterocycles. The number of rotatable bonds is 5. The summed E-state index contributed by atoms with van der Waals surface area (Å²) in [7, 11) is 0. The van der Waals surface area contributed by atoms with Crippen molar-refractivity contribution < 1.29 is 9.59 Å². The number of hydrogen-bond acceptors (Lipinski definition) is 4. The smallest absolute Gasteiger partial charge is 0.271 e. The van der Waals surface area contributed by atoms with E-state index in [2.05, 4.69) is 15.8 Å². The van der Waals surface area contributed by atoms with Gasteiger partial charge in [-0.05, 0) is 61.0 Å². The van der Waals surface area contributed by atoms with E-state index in [9.17, 15) is 9.59 Å². The second-order valence-electron chi connectivity index (χ2n) is 5.51. The molecule has 1 aliphatic rings. The zero-order valence-electron chi connectivity index (χ0n) is 12.7. The Kier molecular flexibility index (Phi) is 4.52. The normalized spacial score (nSPS) is 14.0. The zero-order valence-corrected chi connectivity index (χ0v) is 13.5. The number of nitrogens with zero attached hydrogens (tertiary/aromatic N) is 1. The van der Waals surface area contributed by atoms with Crippen LogP contribution in [0.5, 0.6) is 0 Å². The van der Waals surface area contributed by atoms with Crippen LogP contribution in [0.3, 0.4) is 0 Å². The quantitative estimate of drug-likeness (QED) is 0.654. The number of hydrogen-bond donors (Lipinski definition) is 2. The summed E-state index contributed by atoms with van der Waals surface area (Å²) in [5.41, 5.74) is 4.83. The number of anilines is 1. The monoisotopic (exact) mass is 327 g/mol. The average molecular weight is 327 g/mol. The molecule has 3 rings (SSSR count). The van der Waals surface area contributed by atoms with Crippen LogP contribution < -0.4 is 10.7 Å². The lowest BCUT2D eigenvalue weighted by atomic mass is 10.2. The minimum Gasteiger partial charge on any atom is -0.326 e. The van der Waals surface area contributed by atoms with Crippen molar-refractivity contribution in [2.45, 2.75) is 19.8 Å². The average Bonchev–Trinajstić information content (AvgIpc) is 3.32. The molecule has 2 amide bonds. The van der Waals surface area contributed by atoms with Crippen molar-refractivity contribution >= 4 is 35.1 Å². The summed E-state index contributed by atoms with van der Waals surface area (Å²) in [6.45, 7) is 1.99. The van der Waals surface area contributed by atoms with Crippen LogP contribution in [0.25, 0.3) is 0 Å². The van der Waals surface area contributed by atoms with E-state index in [0.29, 0.717) is 11.3 Å². The maximum Gasteiger partial charge on any atom is 0.271 e. The Morgan fingerprint density at radius 2 is 1.96 bits per heavy atom. The van der Waals surface area contributed by atoms with Crippen LogP contribution in [0, 0.1) is 12.8 Å². The minimum atomic E-state index is -0.282. The molecule has 0 aliphatic heterocycles. The summed E-state index contributed by atoms with van der Waals surface area (Å²) in [5, 5.41) is 8.79. The van der Waals surface area contributed by atoms with Gasteiger partial charge in [-0.1, -0.05) is 0 Å². The fraction of sp³-hybridized carbons (Fsp3) is 0.235. The number of nitrogens with one attached hydrogen (secondary N) is 2. The molecule has 0 saturated heterocycles. The van der Waals surface area contributed by atoms with E-state index >= 15 is 0 Å². The number of thiophene rings is 1. The maximum atomic E-state index is 12.0. The lowest BCUT2D eigenvalue weighted by molar-refractivity contribution is -0.117. The van der Waals surface area contributed by atoms with Gasteiger partial charge in [0.15, 0.2) is 0 Å². The van der Waals surface area contributed by atoms with Gasteiger partial charge in [0.1, 0.15) is 0 Å². The molecule has 1 aliphatic carbocycles. The second kappa shape index (κ2) is 6.75. The van der Waals surface area contributed by atoms with Crippen LogP contribution in [0.15, 0.2) is 40.8 Å². The Bertz CT molecular complexity index is 745. The third kappa shape index (κ3) is 4.04. The zero-order chi connectivity index (χ0) is 16.2. The molecule has 0 unspecified atom stereocenters. The predicted octanol–water partition coefficient (Wildman–Crippen LogP) is 3.17. The van der Waals surface area contributed by atoms with Crippen molar-refractivity contribution in [1.82, 2.24) is 5.43 Å². The van der Waals surface area contributed by atoms with Crippen LogP contribution in [0.4, 0.5) is 5.69 Å². The predicted molar refractivity (Wildman–Crippen MR) is 91.9 cm³/mol. The first-order valence-corrected chi connectivity index (χ1v) is 8.30. The standard InChI is InChI=1S/C17H17N3O2S/c1-11-8-9-23-15(11)10-18-20-17(22)13-4-6-14(7-5-13)19-16(21)12-2-3-12/h4-10,12H,2-3H2,1H3,(H,19,21)(H,20,22)/b18-10+. The summed E-state index contributed by atoms with van der Waals surface area (Å²) in [6, 6.07) is 8.79. The van der Waals surface area contributed by atoms with E-state index in [1.165, 1.54) is 0 Å². The van der Waals surface area contributed by atoms with Crippen molar-refractivity contribution in [2.75, 3.05) is 5.32 Å². The van der Waals surface area contributed by atoms with Gasteiger partial charge in [0, 0.05) is 22.0 Å². The molecule has 2 aromatic rings. The molecule has 0 radical (unpaired) electrons. The Morgan fingerprint density at radius 1 is 1.22 bits per heavy atom. The second-order valence-corrected chi connectivity index (χ2v) is 6.46. The number of carbonyl (C=O) groups is 2. The van der Waals surface area contributed by atoms with Gasteiger partial charge in [0.25, 0.3) is 5.91 Å². The molecular formula is C17H17N3O2S. The SMILES string of the molecule is Cc1ccsc1/C=N/NC(=O)c1ccc(NC(=O)C2CC2)cc1. The van der Waals surface area contributed by atoms with Gasteiger partial charge in [0.05, 0.1) is 6.21 Å². The van der Waals surface area contributed by atoms with Crippen LogP contribution in [-0.2, 0) is 4.79 Å². The largest absolute Gasteiger partial charge is 0.326 e. The molecule has 6 heteroatoms. The molecule has 1 saturated carbocycles. The van der Waals surface area contributed by atoms with E-state index in [1.54, 1.807) is 41.8 Å². The fourth-order valence-electron chi connectivity index (χ4n) is 2.03. The summed E-state index contributed by atoms with van der Waals surface area (Å²) in [6.07, 6.45) is 3.57. The summed E-state index contributed by atoms with van der Waals surface area (Å²) in [4.78, 5) is 24.7. The highest BCUT2D eigenvalue weighted by Gasteiger charge is 2.29. The van der Waals surface area contributed by atoms with E-state index in [1.807, 2.05) is 18.4 Å². The van der Waals surface area contributed by atoms with Gasteiger partial charge >= 0.3 is 0 Å². The topological polar surface area (TPSA) is 70.6 Å². The minimum absolute atomic E-state index is 0.0538. The first kappa shape index (κ1) is 15.4. The molecule has 23 heavy (non-hydrogen) atoms. The van der Waals surface area contributed by atoms with E-state index in [4.69, 9.17) is 0 Å². The number of carbonyl (C=O) groups excluding carboxylic acids is 2. The number of amides is 2. The van der Waals surface area contributed by atoms with Crippen molar-refractivity contribution in [3.63, 3.8) is 0 Å². The molecule has 118 valence electrons. The highest BCUT2D eigenvalue weighted by molar-refractivity contribution is 7.11. The lowest BCUT2D eigenvalue weighted by Gasteiger charge is -2.05. The Labute approximate surface area is 138 Å². The molecule has 0 spiro atoms. The van der Waals surface area contributed by atoms with Crippen molar-refractivity contribution in [1.29, 1.82) is 0 Å². The van der Waals surface area contributed by atoms with Crippen LogP contribution >= 0.6 is 11.3 Å². The number of aryl methyl sites for hydroxylation is 1. The highest BCUT2D eigenvalue weighted by atomic mass is 32.1. The first-order chi connectivity index (χ1) is 11.1. The van der Waals surface area contributed by atoms with Crippen LogP contribution in [0.2, 0.25) is 0 Å². The van der Waals surface area contributed by atoms with Gasteiger partial charge in [0.2, 0.25) is 5.91 Å². The van der Waals surface area contributed by atoms with Gasteiger partial charge in [-0.2, -0.15) is 5.10 Å².